The van der Waals surface area contributed by atoms with Gasteiger partial charge in [-0.2, -0.15) is 18.4 Å². The van der Waals surface area contributed by atoms with Crippen molar-refractivity contribution in [2.75, 3.05) is 0 Å². The van der Waals surface area contributed by atoms with Crippen molar-refractivity contribution < 1.29 is 13.2 Å². The number of hydrogen-bond acceptors (Lipinski definition) is 1. The van der Waals surface area contributed by atoms with Crippen LogP contribution in [0.15, 0.2) is 16.6 Å². The van der Waals surface area contributed by atoms with E-state index in [9.17, 15) is 13.2 Å². The smallest absolute Gasteiger partial charge is 0.198 e. The van der Waals surface area contributed by atoms with Gasteiger partial charge in [0.05, 0.1) is 23.1 Å². The topological polar surface area (TPSA) is 23.8 Å². The van der Waals surface area contributed by atoms with Crippen LogP contribution in [0.2, 0.25) is 5.02 Å². The van der Waals surface area contributed by atoms with Gasteiger partial charge in [-0.15, -0.1) is 0 Å². The summed E-state index contributed by atoms with van der Waals surface area (Å²) >= 11 is 8.42. The summed E-state index contributed by atoms with van der Waals surface area (Å²) < 4.78 is 37.5. The summed E-state index contributed by atoms with van der Waals surface area (Å²) in [6.45, 7) is 0. The van der Waals surface area contributed by atoms with Crippen molar-refractivity contribution in [2.24, 2.45) is 0 Å². The van der Waals surface area contributed by atoms with Crippen molar-refractivity contribution in [3.63, 3.8) is 0 Å². The Hall–Kier alpha value is -0.730. The third-order valence-corrected chi connectivity index (χ3v) is 2.94. The van der Waals surface area contributed by atoms with Crippen LogP contribution >= 0.6 is 27.5 Å². The van der Waals surface area contributed by atoms with Crippen LogP contribution in [0.3, 0.4) is 0 Å². The highest BCUT2D eigenvalue weighted by Crippen LogP contribution is 2.39. The first-order valence-electron chi connectivity index (χ1n) is 3.78. The van der Waals surface area contributed by atoms with Crippen molar-refractivity contribution in [3.8, 4) is 6.07 Å². The number of nitrogens with zero attached hydrogens (tertiary/aromatic N) is 1. The Morgan fingerprint density at radius 1 is 1.40 bits per heavy atom. The maximum Gasteiger partial charge on any atom is 0.417 e. The van der Waals surface area contributed by atoms with Crippen LogP contribution in [0.1, 0.15) is 11.1 Å². The highest BCUT2D eigenvalue weighted by atomic mass is 79.9. The fourth-order valence-corrected chi connectivity index (χ4v) is 1.77. The standard InChI is InChI=1S/C9H4BrClF3N/c10-7-4-5(1-2-15)3-6(8(7)11)9(12,13)14/h3-4H,1H2. The lowest BCUT2D eigenvalue weighted by Gasteiger charge is -2.11. The third kappa shape index (κ3) is 2.86. The molecule has 1 aromatic rings. The van der Waals surface area contributed by atoms with Crippen LogP contribution in [0.5, 0.6) is 0 Å². The van der Waals surface area contributed by atoms with Gasteiger partial charge in [0.1, 0.15) is 0 Å². The van der Waals surface area contributed by atoms with E-state index in [0.717, 1.165) is 6.07 Å². The first-order valence-corrected chi connectivity index (χ1v) is 4.95. The van der Waals surface area contributed by atoms with E-state index in [-0.39, 0.29) is 21.5 Å². The molecule has 6 heteroatoms. The molecule has 1 nitrogen and oxygen atoms in total. The van der Waals surface area contributed by atoms with Crippen molar-refractivity contribution in [3.05, 3.63) is 32.8 Å². The largest absolute Gasteiger partial charge is 0.417 e. The minimum atomic E-state index is -4.51. The van der Waals surface area contributed by atoms with E-state index >= 15 is 0 Å². The summed E-state index contributed by atoms with van der Waals surface area (Å²) in [5.74, 6) is 0. The molecule has 0 N–H and O–H groups in total. The minimum absolute atomic E-state index is 0.0845. The Bertz CT molecular complexity index is 423. The van der Waals surface area contributed by atoms with Crippen molar-refractivity contribution >= 4 is 27.5 Å². The van der Waals surface area contributed by atoms with E-state index in [4.69, 9.17) is 16.9 Å². The van der Waals surface area contributed by atoms with Crippen LogP contribution < -0.4 is 0 Å². The van der Waals surface area contributed by atoms with E-state index in [2.05, 4.69) is 15.9 Å². The second-order valence-corrected chi connectivity index (χ2v) is 4.00. The van der Waals surface area contributed by atoms with Crippen molar-refractivity contribution in [1.29, 1.82) is 5.26 Å². The zero-order chi connectivity index (χ0) is 11.6. The van der Waals surface area contributed by atoms with Gasteiger partial charge in [0.25, 0.3) is 0 Å². The molecule has 0 fully saturated rings. The molecule has 0 heterocycles. The molecule has 1 aromatic carbocycles. The van der Waals surface area contributed by atoms with Gasteiger partial charge in [-0.05, 0) is 33.6 Å². The van der Waals surface area contributed by atoms with Gasteiger partial charge in [-0.3, -0.25) is 0 Å². The quantitative estimate of drug-likeness (QED) is 0.762. The van der Waals surface area contributed by atoms with Crippen LogP contribution in [-0.4, -0.2) is 0 Å². The van der Waals surface area contributed by atoms with Crippen LogP contribution in [-0.2, 0) is 12.6 Å². The highest BCUT2D eigenvalue weighted by Gasteiger charge is 2.34. The normalized spacial score (nSPS) is 11.2. The third-order valence-electron chi connectivity index (χ3n) is 1.68. The number of benzene rings is 1. The van der Waals surface area contributed by atoms with Gasteiger partial charge in [-0.1, -0.05) is 11.6 Å². The predicted molar refractivity (Wildman–Crippen MR) is 53.5 cm³/mol. The molecule has 0 amide bonds. The van der Waals surface area contributed by atoms with E-state index < -0.39 is 11.7 Å². The summed E-state index contributed by atoms with van der Waals surface area (Å²) in [4.78, 5) is 0. The van der Waals surface area contributed by atoms with E-state index in [1.54, 1.807) is 6.07 Å². The molecular formula is C9H4BrClF3N. The Morgan fingerprint density at radius 3 is 2.47 bits per heavy atom. The second kappa shape index (κ2) is 4.42. The van der Waals surface area contributed by atoms with Gasteiger partial charge in [0.2, 0.25) is 0 Å². The lowest BCUT2D eigenvalue weighted by atomic mass is 10.1. The zero-order valence-electron chi connectivity index (χ0n) is 7.20. The Balaban J connectivity index is 3.33. The predicted octanol–water partition coefficient (Wildman–Crippen LogP) is 4.19. The number of alkyl halides is 3. The second-order valence-electron chi connectivity index (χ2n) is 2.77. The van der Waals surface area contributed by atoms with Gasteiger partial charge in [0.15, 0.2) is 0 Å². The minimum Gasteiger partial charge on any atom is -0.198 e. The summed E-state index contributed by atoms with van der Waals surface area (Å²) in [6, 6.07) is 4.07. The molecule has 0 atom stereocenters. The van der Waals surface area contributed by atoms with Crippen molar-refractivity contribution in [1.82, 2.24) is 0 Å². The molecular weight excluding hydrogens is 294 g/mol. The van der Waals surface area contributed by atoms with Crippen LogP contribution in [0.25, 0.3) is 0 Å². The summed E-state index contributed by atoms with van der Waals surface area (Å²) in [7, 11) is 0. The molecule has 0 saturated carbocycles. The molecule has 0 bridgehead atoms. The maximum absolute atomic E-state index is 12.5. The number of nitriles is 1. The molecule has 0 unspecified atom stereocenters. The molecule has 0 aliphatic rings. The lowest BCUT2D eigenvalue weighted by molar-refractivity contribution is -0.137. The fraction of sp³-hybridized carbons (Fsp3) is 0.222. The summed E-state index contributed by atoms with van der Waals surface area (Å²) in [5, 5.41) is 8.01. The van der Waals surface area contributed by atoms with Crippen molar-refractivity contribution in [2.45, 2.75) is 12.6 Å². The van der Waals surface area contributed by atoms with E-state index in [0.29, 0.717) is 0 Å². The average molecular weight is 298 g/mol. The molecule has 0 radical (unpaired) electrons. The van der Waals surface area contributed by atoms with Gasteiger partial charge < -0.3 is 0 Å². The first-order chi connectivity index (χ1) is 6.86. The molecule has 0 spiro atoms. The van der Waals surface area contributed by atoms with Gasteiger partial charge in [0, 0.05) is 4.47 Å². The monoisotopic (exact) mass is 297 g/mol. The lowest BCUT2D eigenvalue weighted by Crippen LogP contribution is -2.07. The Labute approximate surface area is 97.6 Å². The van der Waals surface area contributed by atoms with Gasteiger partial charge >= 0.3 is 6.18 Å². The first kappa shape index (κ1) is 12.3. The summed E-state index contributed by atoms with van der Waals surface area (Å²) in [6.07, 6.45) is -4.59. The van der Waals surface area contributed by atoms with E-state index in [1.807, 2.05) is 0 Å². The number of rotatable bonds is 1. The molecule has 0 aliphatic heterocycles. The molecule has 0 aliphatic carbocycles. The SMILES string of the molecule is N#CCc1cc(Br)c(Cl)c(C(F)(F)F)c1. The molecule has 80 valence electrons. The summed E-state index contributed by atoms with van der Waals surface area (Å²) in [5.41, 5.74) is -0.648. The van der Waals surface area contributed by atoms with E-state index in [1.165, 1.54) is 6.07 Å². The highest BCUT2D eigenvalue weighted by molar-refractivity contribution is 9.10. The van der Waals surface area contributed by atoms with Crippen LogP contribution in [0.4, 0.5) is 13.2 Å². The molecule has 0 aromatic heterocycles. The Morgan fingerprint density at radius 2 is 2.00 bits per heavy atom. The molecule has 15 heavy (non-hydrogen) atoms. The Kier molecular flexibility index (Phi) is 3.63. The zero-order valence-corrected chi connectivity index (χ0v) is 9.54. The number of halogens is 5. The van der Waals surface area contributed by atoms with Crippen LogP contribution in [0, 0.1) is 11.3 Å². The number of hydrogen-bond donors (Lipinski definition) is 0. The molecule has 0 saturated heterocycles. The fourth-order valence-electron chi connectivity index (χ4n) is 1.04. The van der Waals surface area contributed by atoms with Gasteiger partial charge in [-0.25, -0.2) is 0 Å². The average Bonchev–Trinajstić information content (AvgIpc) is 2.09. The maximum atomic E-state index is 12.5. The molecule has 1 rings (SSSR count).